The summed E-state index contributed by atoms with van der Waals surface area (Å²) in [6.45, 7) is 4.25. The van der Waals surface area contributed by atoms with Crippen molar-refractivity contribution in [1.82, 2.24) is 4.72 Å². The van der Waals surface area contributed by atoms with Gasteiger partial charge in [-0.2, -0.15) is 4.72 Å². The number of halogens is 1. The van der Waals surface area contributed by atoms with Crippen LogP contribution >= 0.6 is 0 Å². The molecular formula is C12H16FNO4S. The lowest BCUT2D eigenvalue weighted by Gasteiger charge is -2.22. The highest BCUT2D eigenvalue weighted by Crippen LogP contribution is 2.17. The van der Waals surface area contributed by atoms with Gasteiger partial charge < -0.3 is 4.74 Å². The van der Waals surface area contributed by atoms with Crippen molar-refractivity contribution in [3.05, 3.63) is 29.6 Å². The van der Waals surface area contributed by atoms with Crippen LogP contribution in [0.5, 0.6) is 0 Å². The molecule has 0 bridgehead atoms. The second-order valence-electron chi connectivity index (χ2n) is 4.63. The van der Waals surface area contributed by atoms with E-state index in [0.29, 0.717) is 5.56 Å². The molecule has 0 fully saturated rings. The summed E-state index contributed by atoms with van der Waals surface area (Å²) in [6, 6.07) is 3.54. The summed E-state index contributed by atoms with van der Waals surface area (Å²) in [5.74, 6) is -1.36. The summed E-state index contributed by atoms with van der Waals surface area (Å²) in [4.78, 5) is 11.2. The Morgan fingerprint density at radius 2 is 1.95 bits per heavy atom. The summed E-state index contributed by atoms with van der Waals surface area (Å²) in [7, 11) is -2.85. The van der Waals surface area contributed by atoms with E-state index in [2.05, 4.69) is 9.46 Å². The Morgan fingerprint density at radius 3 is 2.42 bits per heavy atom. The quantitative estimate of drug-likeness (QED) is 0.850. The predicted molar refractivity (Wildman–Crippen MR) is 67.6 cm³/mol. The molecule has 0 radical (unpaired) electrons. The van der Waals surface area contributed by atoms with Crippen LogP contribution in [-0.4, -0.2) is 27.0 Å². The topological polar surface area (TPSA) is 72.5 Å². The average Bonchev–Trinajstić information content (AvgIpc) is 2.30. The second-order valence-corrected chi connectivity index (χ2v) is 6.32. The van der Waals surface area contributed by atoms with Gasteiger partial charge in [-0.1, -0.05) is 6.07 Å². The fraction of sp³-hybridized carbons (Fsp3) is 0.417. The third-order valence-corrected chi connectivity index (χ3v) is 4.19. The number of esters is 1. The SMILES string of the molecule is COC(=O)C(C)(C)NS(=O)(=O)c1ccc(C)c(F)c1. The highest BCUT2D eigenvalue weighted by atomic mass is 32.2. The molecule has 1 N–H and O–H groups in total. The zero-order chi connectivity index (χ0) is 14.8. The number of ether oxygens (including phenoxy) is 1. The number of carbonyl (C=O) groups excluding carboxylic acids is 1. The molecule has 0 saturated heterocycles. The van der Waals surface area contributed by atoms with Gasteiger partial charge in [0.05, 0.1) is 12.0 Å². The molecule has 0 aliphatic rings. The molecule has 1 rings (SSSR count). The molecule has 0 aliphatic heterocycles. The van der Waals surface area contributed by atoms with Crippen LogP contribution in [0.2, 0.25) is 0 Å². The molecule has 0 amide bonds. The van der Waals surface area contributed by atoms with Crippen molar-refractivity contribution in [2.24, 2.45) is 0 Å². The van der Waals surface area contributed by atoms with Crippen LogP contribution in [0.1, 0.15) is 19.4 Å². The van der Waals surface area contributed by atoms with Crippen molar-refractivity contribution in [3.8, 4) is 0 Å². The molecule has 1 aromatic carbocycles. The third-order valence-electron chi connectivity index (χ3n) is 2.54. The number of aryl methyl sites for hydroxylation is 1. The smallest absolute Gasteiger partial charge is 0.326 e. The minimum Gasteiger partial charge on any atom is -0.468 e. The van der Waals surface area contributed by atoms with Gasteiger partial charge in [-0.15, -0.1) is 0 Å². The lowest BCUT2D eigenvalue weighted by Crippen LogP contribution is -2.50. The van der Waals surface area contributed by atoms with Crippen LogP contribution in [0.25, 0.3) is 0 Å². The number of hydrogen-bond acceptors (Lipinski definition) is 4. The van der Waals surface area contributed by atoms with Crippen LogP contribution in [0.4, 0.5) is 4.39 Å². The Kier molecular flexibility index (Phi) is 4.32. The first-order valence-corrected chi connectivity index (χ1v) is 6.97. The molecule has 1 aromatic rings. The summed E-state index contributed by atoms with van der Waals surface area (Å²) in [5.41, 5.74) is -1.10. The van der Waals surface area contributed by atoms with E-state index in [1.54, 1.807) is 0 Å². The summed E-state index contributed by atoms with van der Waals surface area (Å²) in [5, 5.41) is 0. The number of nitrogens with one attached hydrogen (secondary N) is 1. The summed E-state index contributed by atoms with van der Waals surface area (Å²) in [6.07, 6.45) is 0. The number of benzene rings is 1. The highest BCUT2D eigenvalue weighted by Gasteiger charge is 2.34. The van der Waals surface area contributed by atoms with Crippen molar-refractivity contribution in [1.29, 1.82) is 0 Å². The van der Waals surface area contributed by atoms with E-state index in [-0.39, 0.29) is 4.90 Å². The van der Waals surface area contributed by atoms with E-state index in [4.69, 9.17) is 0 Å². The molecule has 19 heavy (non-hydrogen) atoms. The Balaban J connectivity index is 3.11. The van der Waals surface area contributed by atoms with Crippen molar-refractivity contribution < 1.29 is 22.3 Å². The van der Waals surface area contributed by atoms with Gasteiger partial charge in [-0.25, -0.2) is 12.8 Å². The van der Waals surface area contributed by atoms with Crippen LogP contribution in [-0.2, 0) is 19.6 Å². The maximum atomic E-state index is 13.4. The predicted octanol–water partition coefficient (Wildman–Crippen LogP) is 1.36. The number of methoxy groups -OCH3 is 1. The molecule has 0 aromatic heterocycles. The first kappa shape index (κ1) is 15.6. The Bertz CT molecular complexity index is 596. The number of hydrogen-bond donors (Lipinski definition) is 1. The monoisotopic (exact) mass is 289 g/mol. The Hall–Kier alpha value is -1.47. The van der Waals surface area contributed by atoms with Gasteiger partial charge in [0.25, 0.3) is 0 Å². The summed E-state index contributed by atoms with van der Waals surface area (Å²) < 4.78 is 44.2. The number of carbonyl (C=O) groups is 1. The maximum Gasteiger partial charge on any atom is 0.326 e. The van der Waals surface area contributed by atoms with E-state index in [0.717, 1.165) is 13.2 Å². The standard InChI is InChI=1S/C12H16FNO4S/c1-8-5-6-9(7-10(8)13)19(16,17)14-12(2,3)11(15)18-4/h5-7,14H,1-4H3. The minimum atomic E-state index is -4.00. The fourth-order valence-corrected chi connectivity index (χ4v) is 2.81. The van der Waals surface area contributed by atoms with Gasteiger partial charge in [0.1, 0.15) is 11.4 Å². The van der Waals surface area contributed by atoms with E-state index < -0.39 is 27.3 Å². The Labute approximate surface area is 111 Å². The minimum absolute atomic E-state index is 0.243. The van der Waals surface area contributed by atoms with Crippen LogP contribution in [0, 0.1) is 12.7 Å². The van der Waals surface area contributed by atoms with Crippen LogP contribution in [0.15, 0.2) is 23.1 Å². The molecule has 0 heterocycles. The van der Waals surface area contributed by atoms with Crippen molar-refractivity contribution in [2.45, 2.75) is 31.2 Å². The molecule has 0 atom stereocenters. The van der Waals surface area contributed by atoms with Gasteiger partial charge in [-0.3, -0.25) is 4.79 Å². The van der Waals surface area contributed by atoms with E-state index in [9.17, 15) is 17.6 Å². The first-order valence-electron chi connectivity index (χ1n) is 5.49. The van der Waals surface area contributed by atoms with Crippen molar-refractivity contribution in [3.63, 3.8) is 0 Å². The molecule has 7 heteroatoms. The van der Waals surface area contributed by atoms with Gasteiger partial charge in [-0.05, 0) is 38.5 Å². The van der Waals surface area contributed by atoms with Gasteiger partial charge >= 0.3 is 5.97 Å². The lowest BCUT2D eigenvalue weighted by atomic mass is 10.1. The van der Waals surface area contributed by atoms with Gasteiger partial charge in [0.15, 0.2) is 0 Å². The summed E-state index contributed by atoms with van der Waals surface area (Å²) >= 11 is 0. The zero-order valence-corrected chi connectivity index (χ0v) is 12.0. The molecule has 0 unspecified atom stereocenters. The maximum absolute atomic E-state index is 13.4. The van der Waals surface area contributed by atoms with E-state index in [1.165, 1.54) is 32.9 Å². The van der Waals surface area contributed by atoms with Gasteiger partial charge in [0.2, 0.25) is 10.0 Å². The van der Waals surface area contributed by atoms with Crippen molar-refractivity contribution in [2.75, 3.05) is 7.11 Å². The second kappa shape index (κ2) is 5.26. The Morgan fingerprint density at radius 1 is 1.37 bits per heavy atom. The van der Waals surface area contributed by atoms with Crippen LogP contribution in [0.3, 0.4) is 0 Å². The zero-order valence-electron chi connectivity index (χ0n) is 11.2. The van der Waals surface area contributed by atoms with E-state index >= 15 is 0 Å². The molecule has 0 saturated carbocycles. The normalized spacial score (nSPS) is 12.3. The van der Waals surface area contributed by atoms with Crippen molar-refractivity contribution >= 4 is 16.0 Å². The molecule has 0 aliphatic carbocycles. The third kappa shape index (κ3) is 3.51. The largest absolute Gasteiger partial charge is 0.468 e. The number of sulfonamides is 1. The average molecular weight is 289 g/mol. The first-order chi connectivity index (χ1) is 8.60. The van der Waals surface area contributed by atoms with E-state index in [1.807, 2.05) is 0 Å². The molecule has 106 valence electrons. The number of rotatable bonds is 4. The molecular weight excluding hydrogens is 273 g/mol. The highest BCUT2D eigenvalue weighted by molar-refractivity contribution is 7.89. The fourth-order valence-electron chi connectivity index (χ4n) is 1.43. The van der Waals surface area contributed by atoms with Crippen LogP contribution < -0.4 is 4.72 Å². The molecule has 0 spiro atoms. The molecule has 5 nitrogen and oxygen atoms in total. The lowest BCUT2D eigenvalue weighted by molar-refractivity contribution is -0.146. The van der Waals surface area contributed by atoms with Gasteiger partial charge in [0, 0.05) is 0 Å².